The molecule has 1 aromatic carbocycles. The van der Waals surface area contributed by atoms with Crippen LogP contribution in [0, 0.1) is 0 Å². The number of rotatable bonds is 6. The number of piperazine rings is 1. The van der Waals surface area contributed by atoms with Crippen molar-refractivity contribution in [1.29, 1.82) is 0 Å². The molecule has 0 unspecified atom stereocenters. The maximum atomic E-state index is 11.6. The van der Waals surface area contributed by atoms with Gasteiger partial charge < -0.3 is 4.74 Å². The Kier molecular flexibility index (Phi) is 5.24. The van der Waals surface area contributed by atoms with Crippen molar-refractivity contribution in [1.82, 2.24) is 9.80 Å². The molecule has 1 aromatic rings. The molecule has 2 fully saturated rings. The standard InChI is InChI=1S/C17H26N2O3S/c1-23(20,21)17-7-3-6-16(14-17)22-13-12-18-8-10-19(11-9-18)15-4-2-5-15/h3,6-7,14-15H,2,4-5,8-13H2,1H3. The summed E-state index contributed by atoms with van der Waals surface area (Å²) in [5, 5.41) is 0. The second kappa shape index (κ2) is 7.20. The normalized spacial score (nSPS) is 21.1. The van der Waals surface area contributed by atoms with Gasteiger partial charge in [-0.3, -0.25) is 9.80 Å². The number of sulfone groups is 1. The fourth-order valence-electron chi connectivity index (χ4n) is 3.19. The van der Waals surface area contributed by atoms with Crippen LogP contribution in [0.4, 0.5) is 0 Å². The molecule has 1 heterocycles. The first kappa shape index (κ1) is 16.7. The van der Waals surface area contributed by atoms with Crippen LogP contribution in [0.1, 0.15) is 19.3 Å². The molecular formula is C17H26N2O3S. The Morgan fingerprint density at radius 1 is 1.17 bits per heavy atom. The number of hydrogen-bond donors (Lipinski definition) is 0. The lowest BCUT2D eigenvalue weighted by Crippen LogP contribution is -2.52. The Balaban J connectivity index is 1.42. The maximum Gasteiger partial charge on any atom is 0.175 e. The molecule has 0 bridgehead atoms. The lowest BCUT2D eigenvalue weighted by molar-refractivity contribution is 0.0562. The quantitative estimate of drug-likeness (QED) is 0.789. The van der Waals surface area contributed by atoms with Gasteiger partial charge >= 0.3 is 0 Å². The van der Waals surface area contributed by atoms with E-state index in [-0.39, 0.29) is 0 Å². The van der Waals surface area contributed by atoms with E-state index in [1.807, 2.05) is 6.07 Å². The Bertz CT molecular complexity index is 620. The van der Waals surface area contributed by atoms with Gasteiger partial charge in [-0.1, -0.05) is 12.5 Å². The van der Waals surface area contributed by atoms with E-state index < -0.39 is 9.84 Å². The first-order valence-corrected chi connectivity index (χ1v) is 10.3. The van der Waals surface area contributed by atoms with E-state index in [4.69, 9.17) is 4.74 Å². The maximum absolute atomic E-state index is 11.6. The van der Waals surface area contributed by atoms with Crippen molar-refractivity contribution in [2.45, 2.75) is 30.2 Å². The van der Waals surface area contributed by atoms with Crippen molar-refractivity contribution in [3.05, 3.63) is 24.3 Å². The van der Waals surface area contributed by atoms with Gasteiger partial charge in [0, 0.05) is 45.0 Å². The first-order valence-electron chi connectivity index (χ1n) is 8.42. The first-order chi connectivity index (χ1) is 11.0. The smallest absolute Gasteiger partial charge is 0.175 e. The van der Waals surface area contributed by atoms with Gasteiger partial charge in [-0.25, -0.2) is 8.42 Å². The van der Waals surface area contributed by atoms with Crippen molar-refractivity contribution in [2.24, 2.45) is 0 Å². The number of benzene rings is 1. The highest BCUT2D eigenvalue weighted by Gasteiger charge is 2.27. The lowest BCUT2D eigenvalue weighted by Gasteiger charge is -2.42. The third kappa shape index (κ3) is 4.46. The van der Waals surface area contributed by atoms with Crippen LogP contribution in [0.15, 0.2) is 29.2 Å². The molecule has 128 valence electrons. The second-order valence-corrected chi connectivity index (χ2v) is 8.57. The van der Waals surface area contributed by atoms with Gasteiger partial charge in [-0.05, 0) is 31.0 Å². The molecule has 23 heavy (non-hydrogen) atoms. The minimum Gasteiger partial charge on any atom is -0.492 e. The molecule has 1 aliphatic carbocycles. The lowest BCUT2D eigenvalue weighted by atomic mass is 9.91. The minimum absolute atomic E-state index is 0.309. The van der Waals surface area contributed by atoms with Crippen molar-refractivity contribution >= 4 is 9.84 Å². The summed E-state index contributed by atoms with van der Waals surface area (Å²) < 4.78 is 28.8. The van der Waals surface area contributed by atoms with Crippen LogP contribution >= 0.6 is 0 Å². The van der Waals surface area contributed by atoms with Crippen LogP contribution in [0.2, 0.25) is 0 Å². The molecule has 5 nitrogen and oxygen atoms in total. The van der Waals surface area contributed by atoms with Crippen LogP contribution in [0.5, 0.6) is 5.75 Å². The highest BCUT2D eigenvalue weighted by atomic mass is 32.2. The third-order valence-electron chi connectivity index (χ3n) is 4.91. The molecule has 1 saturated heterocycles. The summed E-state index contributed by atoms with van der Waals surface area (Å²) in [6, 6.07) is 7.57. The molecule has 3 rings (SSSR count). The summed E-state index contributed by atoms with van der Waals surface area (Å²) in [7, 11) is -3.18. The Labute approximate surface area is 139 Å². The average molecular weight is 338 g/mol. The Hall–Kier alpha value is -1.11. The third-order valence-corrected chi connectivity index (χ3v) is 6.02. The Morgan fingerprint density at radius 2 is 1.91 bits per heavy atom. The number of ether oxygens (including phenoxy) is 1. The van der Waals surface area contributed by atoms with Gasteiger partial charge in [0.1, 0.15) is 12.4 Å². The predicted molar refractivity (Wildman–Crippen MR) is 90.7 cm³/mol. The largest absolute Gasteiger partial charge is 0.492 e. The molecule has 0 amide bonds. The molecule has 6 heteroatoms. The van der Waals surface area contributed by atoms with Gasteiger partial charge in [0.25, 0.3) is 0 Å². The molecule has 0 radical (unpaired) electrons. The topological polar surface area (TPSA) is 49.9 Å². The molecule has 1 aliphatic heterocycles. The minimum atomic E-state index is -3.18. The van der Waals surface area contributed by atoms with E-state index in [1.54, 1.807) is 18.2 Å². The SMILES string of the molecule is CS(=O)(=O)c1cccc(OCCN2CCN(C3CCC3)CC2)c1. The summed E-state index contributed by atoms with van der Waals surface area (Å²) in [6.45, 7) is 6.01. The molecule has 2 aliphatic rings. The molecule has 1 saturated carbocycles. The van der Waals surface area contributed by atoms with Gasteiger partial charge in [-0.2, -0.15) is 0 Å². The fourth-order valence-corrected chi connectivity index (χ4v) is 3.85. The van der Waals surface area contributed by atoms with Crippen LogP contribution in [-0.2, 0) is 9.84 Å². The fraction of sp³-hybridized carbons (Fsp3) is 0.647. The molecule has 0 atom stereocenters. The van der Waals surface area contributed by atoms with Gasteiger partial charge in [-0.15, -0.1) is 0 Å². The zero-order chi connectivity index (χ0) is 16.3. The zero-order valence-corrected chi connectivity index (χ0v) is 14.6. The molecule has 0 N–H and O–H groups in total. The number of nitrogens with zero attached hydrogens (tertiary/aromatic N) is 2. The van der Waals surface area contributed by atoms with E-state index in [1.165, 1.54) is 25.5 Å². The summed E-state index contributed by atoms with van der Waals surface area (Å²) in [5.41, 5.74) is 0. The van der Waals surface area contributed by atoms with Crippen LogP contribution in [0.3, 0.4) is 0 Å². The molecule has 0 aromatic heterocycles. The van der Waals surface area contributed by atoms with E-state index in [2.05, 4.69) is 9.80 Å². The van der Waals surface area contributed by atoms with Gasteiger partial charge in [0.05, 0.1) is 4.90 Å². The summed E-state index contributed by atoms with van der Waals surface area (Å²) in [6.07, 6.45) is 5.36. The van der Waals surface area contributed by atoms with Crippen molar-refractivity contribution in [2.75, 3.05) is 45.6 Å². The van der Waals surface area contributed by atoms with E-state index in [0.29, 0.717) is 17.3 Å². The van der Waals surface area contributed by atoms with E-state index in [9.17, 15) is 8.42 Å². The summed E-state index contributed by atoms with van der Waals surface area (Å²) >= 11 is 0. The van der Waals surface area contributed by atoms with Gasteiger partial charge in [0.15, 0.2) is 9.84 Å². The van der Waals surface area contributed by atoms with Crippen molar-refractivity contribution < 1.29 is 13.2 Å². The Morgan fingerprint density at radius 3 is 2.52 bits per heavy atom. The van der Waals surface area contributed by atoms with Crippen molar-refractivity contribution in [3.63, 3.8) is 0 Å². The van der Waals surface area contributed by atoms with Crippen LogP contribution in [-0.4, -0.2) is 69.8 Å². The van der Waals surface area contributed by atoms with Crippen LogP contribution in [0.25, 0.3) is 0 Å². The second-order valence-electron chi connectivity index (χ2n) is 6.56. The molecule has 0 spiro atoms. The number of hydrogen-bond acceptors (Lipinski definition) is 5. The predicted octanol–water partition coefficient (Wildman–Crippen LogP) is 1.64. The summed E-state index contributed by atoms with van der Waals surface area (Å²) in [5.74, 6) is 0.626. The van der Waals surface area contributed by atoms with Crippen molar-refractivity contribution in [3.8, 4) is 5.75 Å². The van der Waals surface area contributed by atoms with Gasteiger partial charge in [0.2, 0.25) is 0 Å². The average Bonchev–Trinajstić information content (AvgIpc) is 2.47. The highest BCUT2D eigenvalue weighted by Crippen LogP contribution is 2.25. The zero-order valence-electron chi connectivity index (χ0n) is 13.8. The highest BCUT2D eigenvalue weighted by molar-refractivity contribution is 7.90. The molecular weight excluding hydrogens is 312 g/mol. The van der Waals surface area contributed by atoms with Crippen LogP contribution < -0.4 is 4.74 Å². The van der Waals surface area contributed by atoms with E-state index in [0.717, 1.165) is 38.8 Å². The van der Waals surface area contributed by atoms with E-state index >= 15 is 0 Å². The summed E-state index contributed by atoms with van der Waals surface area (Å²) in [4.78, 5) is 5.36. The monoisotopic (exact) mass is 338 g/mol.